The second kappa shape index (κ2) is 8.70. The number of carbonyl (C=O) groups is 4. The maximum atomic E-state index is 12.6. The second-order valence-corrected chi connectivity index (χ2v) is 6.37. The van der Waals surface area contributed by atoms with Crippen LogP contribution in [-0.2, 0) is 20.8 Å². The number of fused-ring (bicyclic) bond motifs is 1. The largest absolute Gasteiger partial charge is 0.467 e. The number of hydrogen-bond acceptors (Lipinski definition) is 7. The zero-order valence-corrected chi connectivity index (χ0v) is 16.0. The van der Waals surface area contributed by atoms with Crippen molar-refractivity contribution in [1.29, 1.82) is 0 Å². The van der Waals surface area contributed by atoms with Crippen LogP contribution < -0.4 is 5.32 Å². The molecule has 0 unspecified atom stereocenters. The molecule has 9 heteroatoms. The number of amides is 3. The van der Waals surface area contributed by atoms with E-state index in [4.69, 9.17) is 13.9 Å². The van der Waals surface area contributed by atoms with Crippen LogP contribution in [-0.4, -0.2) is 55.0 Å². The molecule has 0 saturated carbocycles. The van der Waals surface area contributed by atoms with Gasteiger partial charge in [0.1, 0.15) is 5.76 Å². The molecule has 0 radical (unpaired) electrons. The van der Waals surface area contributed by atoms with Gasteiger partial charge in [0.25, 0.3) is 17.7 Å². The molecule has 2 heterocycles. The number of rotatable bonds is 8. The fourth-order valence-corrected chi connectivity index (χ4v) is 2.82. The number of furan rings is 1. The Morgan fingerprint density at radius 1 is 1.17 bits per heavy atom. The molecule has 2 aromatic rings. The van der Waals surface area contributed by atoms with E-state index in [2.05, 4.69) is 5.32 Å². The van der Waals surface area contributed by atoms with E-state index in [1.54, 1.807) is 12.1 Å². The van der Waals surface area contributed by atoms with Crippen LogP contribution in [0.25, 0.3) is 0 Å². The molecule has 0 fully saturated rings. The molecule has 3 amide bonds. The highest BCUT2D eigenvalue weighted by atomic mass is 16.5. The molecule has 0 spiro atoms. The number of methoxy groups -OCH3 is 1. The van der Waals surface area contributed by atoms with Gasteiger partial charge in [-0.15, -0.1) is 0 Å². The Bertz CT molecular complexity index is 936. The van der Waals surface area contributed by atoms with Crippen molar-refractivity contribution in [3.63, 3.8) is 0 Å². The predicted octanol–water partition coefficient (Wildman–Crippen LogP) is 1.38. The number of imide groups is 1. The Hall–Kier alpha value is -3.46. The van der Waals surface area contributed by atoms with Gasteiger partial charge in [0.05, 0.1) is 36.1 Å². The highest BCUT2D eigenvalue weighted by Crippen LogP contribution is 2.26. The Labute approximate surface area is 166 Å². The van der Waals surface area contributed by atoms with Crippen molar-refractivity contribution < 1.29 is 33.1 Å². The van der Waals surface area contributed by atoms with E-state index in [1.165, 1.54) is 38.5 Å². The summed E-state index contributed by atoms with van der Waals surface area (Å²) in [6.07, 6.45) is 0.425. The molecule has 1 N–H and O–H groups in total. The summed E-state index contributed by atoms with van der Waals surface area (Å²) in [6.45, 7) is 2.06. The molecular formula is C20H20N2O7. The second-order valence-electron chi connectivity index (χ2n) is 6.37. The third kappa shape index (κ3) is 4.35. The number of nitrogens with one attached hydrogen (secondary N) is 1. The number of ether oxygens (including phenoxy) is 2. The van der Waals surface area contributed by atoms with Crippen LogP contribution >= 0.6 is 0 Å². The first-order valence-electron chi connectivity index (χ1n) is 8.92. The van der Waals surface area contributed by atoms with E-state index < -0.39 is 29.8 Å². The number of esters is 1. The first-order chi connectivity index (χ1) is 13.9. The molecule has 0 saturated heterocycles. The van der Waals surface area contributed by atoms with Crippen LogP contribution in [0.4, 0.5) is 0 Å². The van der Waals surface area contributed by atoms with Crippen molar-refractivity contribution in [3.8, 4) is 0 Å². The maximum Gasteiger partial charge on any atom is 0.338 e. The smallest absolute Gasteiger partial charge is 0.338 e. The SMILES string of the molecule is COCCNC(=O)[C@H](C)OC(=O)c1ccc2c(c1)C(=O)N(Cc1ccco1)C2=O. The average Bonchev–Trinajstić information content (AvgIpc) is 3.31. The van der Waals surface area contributed by atoms with Gasteiger partial charge < -0.3 is 19.2 Å². The van der Waals surface area contributed by atoms with E-state index in [9.17, 15) is 19.2 Å². The molecule has 1 atom stereocenters. The predicted molar refractivity (Wildman–Crippen MR) is 99.1 cm³/mol. The summed E-state index contributed by atoms with van der Waals surface area (Å²) in [7, 11) is 1.51. The molecule has 1 aliphatic rings. The summed E-state index contributed by atoms with van der Waals surface area (Å²) in [6, 6.07) is 7.41. The van der Waals surface area contributed by atoms with Gasteiger partial charge in [-0.1, -0.05) is 0 Å². The van der Waals surface area contributed by atoms with Crippen LogP contribution in [0.5, 0.6) is 0 Å². The highest BCUT2D eigenvalue weighted by Gasteiger charge is 2.36. The van der Waals surface area contributed by atoms with Crippen LogP contribution in [0.3, 0.4) is 0 Å². The number of nitrogens with zero attached hydrogens (tertiary/aromatic N) is 1. The number of hydrogen-bond donors (Lipinski definition) is 1. The van der Waals surface area contributed by atoms with Gasteiger partial charge in [0, 0.05) is 13.7 Å². The normalized spacial score (nSPS) is 13.9. The van der Waals surface area contributed by atoms with Gasteiger partial charge in [-0.3, -0.25) is 19.3 Å². The zero-order valence-electron chi connectivity index (χ0n) is 16.0. The Kier molecular flexibility index (Phi) is 6.08. The molecule has 0 bridgehead atoms. The van der Waals surface area contributed by atoms with Crippen molar-refractivity contribution in [1.82, 2.24) is 10.2 Å². The molecule has 9 nitrogen and oxygen atoms in total. The van der Waals surface area contributed by atoms with Gasteiger partial charge >= 0.3 is 5.97 Å². The Morgan fingerprint density at radius 3 is 2.62 bits per heavy atom. The third-order valence-corrected chi connectivity index (χ3v) is 4.36. The minimum absolute atomic E-state index is 0.00218. The van der Waals surface area contributed by atoms with E-state index in [-0.39, 0.29) is 29.8 Å². The number of carbonyl (C=O) groups excluding carboxylic acids is 4. The van der Waals surface area contributed by atoms with Gasteiger partial charge in [-0.05, 0) is 37.3 Å². The van der Waals surface area contributed by atoms with Gasteiger partial charge in [0.2, 0.25) is 0 Å². The summed E-state index contributed by atoms with van der Waals surface area (Å²) in [5, 5.41) is 2.57. The summed E-state index contributed by atoms with van der Waals surface area (Å²) in [5.41, 5.74) is 0.373. The monoisotopic (exact) mass is 400 g/mol. The van der Waals surface area contributed by atoms with E-state index in [0.29, 0.717) is 12.4 Å². The van der Waals surface area contributed by atoms with Gasteiger partial charge in [-0.2, -0.15) is 0 Å². The average molecular weight is 400 g/mol. The van der Waals surface area contributed by atoms with Crippen LogP contribution in [0.15, 0.2) is 41.0 Å². The highest BCUT2D eigenvalue weighted by molar-refractivity contribution is 6.21. The molecule has 1 aromatic carbocycles. The third-order valence-electron chi connectivity index (χ3n) is 4.36. The lowest BCUT2D eigenvalue weighted by atomic mass is 10.1. The lowest BCUT2D eigenvalue weighted by Gasteiger charge is -2.13. The molecule has 3 rings (SSSR count). The Balaban J connectivity index is 1.69. The van der Waals surface area contributed by atoms with Crippen molar-refractivity contribution in [2.24, 2.45) is 0 Å². The summed E-state index contributed by atoms with van der Waals surface area (Å²) in [4.78, 5) is 50.4. The minimum Gasteiger partial charge on any atom is -0.467 e. The molecule has 1 aromatic heterocycles. The van der Waals surface area contributed by atoms with Crippen molar-refractivity contribution in [2.75, 3.05) is 20.3 Å². The number of benzene rings is 1. The van der Waals surface area contributed by atoms with Crippen molar-refractivity contribution >= 4 is 23.7 Å². The van der Waals surface area contributed by atoms with E-state index in [1.807, 2.05) is 0 Å². The molecule has 1 aliphatic heterocycles. The van der Waals surface area contributed by atoms with Crippen LogP contribution in [0.2, 0.25) is 0 Å². The molecule has 152 valence electrons. The van der Waals surface area contributed by atoms with Gasteiger partial charge in [-0.25, -0.2) is 4.79 Å². The first-order valence-corrected chi connectivity index (χ1v) is 8.92. The van der Waals surface area contributed by atoms with Crippen molar-refractivity contribution in [2.45, 2.75) is 19.6 Å². The summed E-state index contributed by atoms with van der Waals surface area (Å²) < 4.78 is 15.2. The topological polar surface area (TPSA) is 115 Å². The van der Waals surface area contributed by atoms with Crippen LogP contribution in [0.1, 0.15) is 43.8 Å². The summed E-state index contributed by atoms with van der Waals surface area (Å²) >= 11 is 0. The standard InChI is InChI=1S/C20H20N2O7/c1-12(17(23)21-7-9-27-2)29-20(26)13-5-6-15-16(10-13)19(25)22(18(15)24)11-14-4-3-8-28-14/h3-6,8,10,12H,7,9,11H2,1-2H3,(H,21,23)/t12-/m0/s1. The lowest BCUT2D eigenvalue weighted by Crippen LogP contribution is -2.37. The van der Waals surface area contributed by atoms with Gasteiger partial charge in [0.15, 0.2) is 6.10 Å². The fraction of sp³-hybridized carbons (Fsp3) is 0.300. The molecular weight excluding hydrogens is 380 g/mol. The van der Waals surface area contributed by atoms with Crippen LogP contribution in [0, 0.1) is 0 Å². The van der Waals surface area contributed by atoms with Crippen molar-refractivity contribution in [3.05, 3.63) is 59.0 Å². The fourth-order valence-electron chi connectivity index (χ4n) is 2.82. The Morgan fingerprint density at radius 2 is 1.93 bits per heavy atom. The zero-order chi connectivity index (χ0) is 21.0. The van der Waals surface area contributed by atoms with E-state index >= 15 is 0 Å². The first kappa shape index (κ1) is 20.3. The summed E-state index contributed by atoms with van der Waals surface area (Å²) in [5.74, 6) is -1.76. The maximum absolute atomic E-state index is 12.6. The molecule has 0 aliphatic carbocycles. The quantitative estimate of drug-likeness (QED) is 0.404. The molecule has 29 heavy (non-hydrogen) atoms. The minimum atomic E-state index is -1.03. The van der Waals surface area contributed by atoms with E-state index in [0.717, 1.165) is 4.90 Å². The lowest BCUT2D eigenvalue weighted by molar-refractivity contribution is -0.129.